The van der Waals surface area contributed by atoms with Gasteiger partial charge in [0.1, 0.15) is 0 Å². The first-order chi connectivity index (χ1) is 11.0. The van der Waals surface area contributed by atoms with Gasteiger partial charge in [-0.3, -0.25) is 4.79 Å². The van der Waals surface area contributed by atoms with Crippen molar-refractivity contribution >= 4 is 28.8 Å². The van der Waals surface area contributed by atoms with Crippen molar-refractivity contribution in [3.8, 4) is 0 Å². The Morgan fingerprint density at radius 3 is 2.26 bits per heavy atom. The van der Waals surface area contributed by atoms with Gasteiger partial charge in [-0.1, -0.05) is 30.3 Å². The lowest BCUT2D eigenvalue weighted by molar-refractivity contribution is -0.140. The number of rotatable bonds is 3. The van der Waals surface area contributed by atoms with Gasteiger partial charge in [-0.2, -0.15) is 0 Å². The predicted molar refractivity (Wildman–Crippen MR) is 95.4 cm³/mol. The number of carbonyl (C=O) groups is 1. The fourth-order valence-corrected chi connectivity index (χ4v) is 5.94. The van der Waals surface area contributed by atoms with Crippen molar-refractivity contribution in [1.82, 2.24) is 0 Å². The van der Waals surface area contributed by atoms with E-state index in [9.17, 15) is 4.79 Å². The molecular weight excluding hydrogens is 306 g/mol. The third kappa shape index (κ3) is 2.52. The molecule has 0 spiro atoms. The van der Waals surface area contributed by atoms with E-state index >= 15 is 0 Å². The maximum absolute atomic E-state index is 13.1. The summed E-state index contributed by atoms with van der Waals surface area (Å²) in [5.74, 6) is 2.50. The molecule has 4 aliphatic carbocycles. The maximum Gasteiger partial charge on any atom is 0.230 e. The second-order valence-electron chi connectivity index (χ2n) is 8.10. The van der Waals surface area contributed by atoms with Crippen molar-refractivity contribution < 1.29 is 4.79 Å². The van der Waals surface area contributed by atoms with Crippen molar-refractivity contribution in [2.24, 2.45) is 23.2 Å². The Hall–Kier alpha value is -1.28. The van der Waals surface area contributed by atoms with Crippen LogP contribution in [0.15, 0.2) is 24.8 Å². The predicted octanol–water partition coefficient (Wildman–Crippen LogP) is 5.53. The normalized spacial score (nSPS) is 34.4. The van der Waals surface area contributed by atoms with Crippen molar-refractivity contribution in [1.29, 1.82) is 0 Å². The first-order valence-electron chi connectivity index (χ1n) is 8.73. The summed E-state index contributed by atoms with van der Waals surface area (Å²) < 4.78 is 0. The monoisotopic (exact) mass is 329 g/mol. The molecule has 0 heterocycles. The second-order valence-corrected chi connectivity index (χ2v) is 8.48. The summed E-state index contributed by atoms with van der Waals surface area (Å²) in [4.78, 5) is 13.1. The molecule has 4 bridgehead atoms. The van der Waals surface area contributed by atoms with Crippen LogP contribution in [0, 0.1) is 23.2 Å². The van der Waals surface area contributed by atoms with Crippen LogP contribution in [0.1, 0.15) is 51.0 Å². The lowest BCUT2D eigenvalue weighted by atomic mass is 9.49. The molecule has 0 radical (unpaired) electrons. The molecule has 0 aliphatic heterocycles. The molecule has 5 rings (SSSR count). The Balaban J connectivity index is 1.59. The van der Waals surface area contributed by atoms with Crippen molar-refractivity contribution in [3.05, 3.63) is 35.4 Å². The summed E-state index contributed by atoms with van der Waals surface area (Å²) >= 11 is 6.48. The van der Waals surface area contributed by atoms with Gasteiger partial charge < -0.3 is 5.32 Å². The number of carbonyl (C=O) groups excluding carboxylic acids is 1. The van der Waals surface area contributed by atoms with E-state index in [1.165, 1.54) is 19.3 Å². The first-order valence-corrected chi connectivity index (χ1v) is 9.10. The van der Waals surface area contributed by atoms with E-state index in [2.05, 4.69) is 11.9 Å². The third-order valence-corrected chi connectivity index (χ3v) is 6.63. The Bertz CT molecular complexity index is 643. The van der Waals surface area contributed by atoms with Crippen LogP contribution in [0.2, 0.25) is 5.02 Å². The van der Waals surface area contributed by atoms with Crippen molar-refractivity contribution in [2.75, 3.05) is 5.32 Å². The molecule has 4 aliphatic rings. The van der Waals surface area contributed by atoms with E-state index < -0.39 is 0 Å². The molecule has 23 heavy (non-hydrogen) atoms. The molecule has 0 atom stereocenters. The lowest BCUT2D eigenvalue weighted by Crippen LogP contribution is -2.51. The second kappa shape index (κ2) is 5.37. The topological polar surface area (TPSA) is 29.1 Å². The first kappa shape index (κ1) is 15.3. The van der Waals surface area contributed by atoms with Gasteiger partial charge in [-0.05, 0) is 80.4 Å². The summed E-state index contributed by atoms with van der Waals surface area (Å²) in [5, 5.41) is 3.76. The van der Waals surface area contributed by atoms with Gasteiger partial charge in [-0.25, -0.2) is 0 Å². The SMILES string of the molecule is C=C(C)c1cccc(NC(=O)C23CC4CC(CC(C4)C2)C3)c1Cl. The zero-order valence-corrected chi connectivity index (χ0v) is 14.5. The molecule has 1 amide bonds. The summed E-state index contributed by atoms with van der Waals surface area (Å²) in [7, 11) is 0. The quantitative estimate of drug-likeness (QED) is 0.776. The summed E-state index contributed by atoms with van der Waals surface area (Å²) in [6.07, 6.45) is 7.25. The minimum Gasteiger partial charge on any atom is -0.324 e. The standard InChI is InChI=1S/C20H24ClNO/c1-12(2)16-4-3-5-17(18(16)21)22-19(23)20-9-13-6-14(10-20)8-15(7-13)11-20/h3-5,13-15H,1,6-11H2,2H3,(H,22,23). The molecule has 0 aromatic heterocycles. The molecule has 0 unspecified atom stereocenters. The molecule has 1 aromatic carbocycles. The molecule has 1 N–H and O–H groups in total. The van der Waals surface area contributed by atoms with Crippen LogP contribution in [0.4, 0.5) is 5.69 Å². The Kier molecular flexibility index (Phi) is 3.57. The van der Waals surface area contributed by atoms with Gasteiger partial charge in [0.05, 0.1) is 16.1 Å². The number of hydrogen-bond acceptors (Lipinski definition) is 1. The van der Waals surface area contributed by atoms with E-state index in [1.807, 2.05) is 25.1 Å². The fraction of sp³-hybridized carbons (Fsp3) is 0.550. The van der Waals surface area contributed by atoms with Crippen molar-refractivity contribution in [3.63, 3.8) is 0 Å². The van der Waals surface area contributed by atoms with Gasteiger partial charge in [0.15, 0.2) is 0 Å². The zero-order chi connectivity index (χ0) is 16.2. The lowest BCUT2D eigenvalue weighted by Gasteiger charge is -2.55. The van der Waals surface area contributed by atoms with Crippen LogP contribution in [0.25, 0.3) is 5.57 Å². The number of nitrogens with one attached hydrogen (secondary N) is 1. The van der Waals surface area contributed by atoms with E-state index in [0.29, 0.717) is 5.02 Å². The fourth-order valence-electron chi connectivity index (χ4n) is 5.60. The van der Waals surface area contributed by atoms with Gasteiger partial charge in [0.2, 0.25) is 5.91 Å². The number of anilines is 1. The van der Waals surface area contributed by atoms with Crippen LogP contribution >= 0.6 is 11.6 Å². The number of allylic oxidation sites excluding steroid dienone is 1. The summed E-state index contributed by atoms with van der Waals surface area (Å²) in [6, 6.07) is 5.78. The molecule has 0 saturated heterocycles. The minimum absolute atomic E-state index is 0.142. The smallest absolute Gasteiger partial charge is 0.230 e. The van der Waals surface area contributed by atoms with Crippen LogP contribution in [0.3, 0.4) is 0 Å². The van der Waals surface area contributed by atoms with Gasteiger partial charge in [-0.15, -0.1) is 0 Å². The zero-order valence-electron chi connectivity index (χ0n) is 13.7. The molecule has 4 fully saturated rings. The Morgan fingerprint density at radius 2 is 1.74 bits per heavy atom. The molecule has 1 aromatic rings. The van der Waals surface area contributed by atoms with Crippen molar-refractivity contribution in [2.45, 2.75) is 45.4 Å². The van der Waals surface area contributed by atoms with Crippen LogP contribution in [-0.2, 0) is 4.79 Å². The average Bonchev–Trinajstić information content (AvgIpc) is 2.47. The highest BCUT2D eigenvalue weighted by molar-refractivity contribution is 6.35. The maximum atomic E-state index is 13.1. The number of halogens is 1. The van der Waals surface area contributed by atoms with Crippen LogP contribution in [0.5, 0.6) is 0 Å². The van der Waals surface area contributed by atoms with E-state index in [1.54, 1.807) is 0 Å². The summed E-state index contributed by atoms with van der Waals surface area (Å²) in [6.45, 7) is 5.90. The highest BCUT2D eigenvalue weighted by atomic mass is 35.5. The summed E-state index contributed by atoms with van der Waals surface area (Å²) in [5.41, 5.74) is 2.42. The molecule has 2 nitrogen and oxygen atoms in total. The minimum atomic E-state index is -0.142. The number of benzene rings is 1. The number of hydrogen-bond donors (Lipinski definition) is 1. The highest BCUT2D eigenvalue weighted by Crippen LogP contribution is 2.60. The van der Waals surface area contributed by atoms with E-state index in [-0.39, 0.29) is 11.3 Å². The molecular formula is C20H24ClNO. The molecule has 3 heteroatoms. The average molecular weight is 330 g/mol. The molecule has 4 saturated carbocycles. The number of amides is 1. The van der Waals surface area contributed by atoms with Gasteiger partial charge in [0.25, 0.3) is 0 Å². The Labute approximate surface area is 143 Å². The highest BCUT2D eigenvalue weighted by Gasteiger charge is 2.54. The van der Waals surface area contributed by atoms with Crippen LogP contribution < -0.4 is 5.32 Å². The van der Waals surface area contributed by atoms with E-state index in [4.69, 9.17) is 11.6 Å². The molecule has 122 valence electrons. The van der Waals surface area contributed by atoms with E-state index in [0.717, 1.165) is 53.8 Å². The van der Waals surface area contributed by atoms with Gasteiger partial charge >= 0.3 is 0 Å². The van der Waals surface area contributed by atoms with Gasteiger partial charge in [0, 0.05) is 0 Å². The van der Waals surface area contributed by atoms with Crippen LogP contribution in [-0.4, -0.2) is 5.91 Å². The Morgan fingerprint density at radius 1 is 1.17 bits per heavy atom. The largest absolute Gasteiger partial charge is 0.324 e. The third-order valence-electron chi connectivity index (χ3n) is 6.23.